The zero-order valence-corrected chi connectivity index (χ0v) is 11.9. The first-order valence-corrected chi connectivity index (χ1v) is 6.62. The molecule has 1 atom stereocenters. The Morgan fingerprint density at radius 3 is 2.71 bits per heavy atom. The lowest BCUT2D eigenvalue weighted by atomic mass is 10.1. The minimum absolute atomic E-state index is 0.0380. The maximum absolute atomic E-state index is 10.7. The summed E-state index contributed by atoms with van der Waals surface area (Å²) >= 11 is 0. The minimum atomic E-state index is -0.634. The average molecular weight is 287 g/mol. The average Bonchev–Trinajstić information content (AvgIpc) is 2.45. The van der Waals surface area contributed by atoms with Gasteiger partial charge in [0.25, 0.3) is 5.69 Å². The van der Waals surface area contributed by atoms with Gasteiger partial charge in [0.05, 0.1) is 11.0 Å². The van der Waals surface area contributed by atoms with Gasteiger partial charge in [-0.25, -0.2) is 0 Å². The number of hydrogen-bond donors (Lipinski definition) is 1. The van der Waals surface area contributed by atoms with E-state index in [2.05, 4.69) is 0 Å². The van der Waals surface area contributed by atoms with Gasteiger partial charge in [-0.3, -0.25) is 10.1 Å². The standard InChI is InChI=1S/C16H17NO4/c1-11-6-7-15(12(2)18)16(8-11)21-10-13-4-3-5-14(9-13)17(19)20/h3-9,12,18H,10H2,1-2H3/t12-/m0/s1. The fraction of sp³-hybridized carbons (Fsp3) is 0.250. The number of aryl methyl sites for hydroxylation is 1. The van der Waals surface area contributed by atoms with Crippen molar-refractivity contribution in [2.24, 2.45) is 0 Å². The molecule has 0 unspecified atom stereocenters. The van der Waals surface area contributed by atoms with Crippen LogP contribution in [-0.4, -0.2) is 10.0 Å². The van der Waals surface area contributed by atoms with Gasteiger partial charge in [-0.05, 0) is 31.0 Å². The van der Waals surface area contributed by atoms with Crippen LogP contribution in [0.15, 0.2) is 42.5 Å². The number of non-ortho nitro benzene ring substituents is 1. The number of nitro groups is 1. The van der Waals surface area contributed by atoms with E-state index < -0.39 is 11.0 Å². The highest BCUT2D eigenvalue weighted by atomic mass is 16.6. The number of benzene rings is 2. The van der Waals surface area contributed by atoms with E-state index in [1.165, 1.54) is 12.1 Å². The van der Waals surface area contributed by atoms with E-state index in [0.717, 1.165) is 5.56 Å². The van der Waals surface area contributed by atoms with Crippen molar-refractivity contribution in [2.75, 3.05) is 0 Å². The highest BCUT2D eigenvalue weighted by Crippen LogP contribution is 2.27. The molecular weight excluding hydrogens is 270 g/mol. The molecule has 0 fully saturated rings. The maximum atomic E-state index is 10.7. The molecule has 1 N–H and O–H groups in total. The van der Waals surface area contributed by atoms with Crippen LogP contribution in [0, 0.1) is 17.0 Å². The number of nitrogens with zero attached hydrogens (tertiary/aromatic N) is 1. The van der Waals surface area contributed by atoms with Crippen LogP contribution in [0.5, 0.6) is 5.75 Å². The first-order chi connectivity index (χ1) is 9.97. The second-order valence-corrected chi connectivity index (χ2v) is 4.93. The summed E-state index contributed by atoms with van der Waals surface area (Å²) in [7, 11) is 0. The van der Waals surface area contributed by atoms with E-state index in [1.807, 2.05) is 25.1 Å². The van der Waals surface area contributed by atoms with Gasteiger partial charge >= 0.3 is 0 Å². The van der Waals surface area contributed by atoms with Crippen molar-refractivity contribution in [3.05, 3.63) is 69.3 Å². The van der Waals surface area contributed by atoms with E-state index in [-0.39, 0.29) is 12.3 Å². The molecule has 0 aliphatic heterocycles. The van der Waals surface area contributed by atoms with Crippen LogP contribution in [-0.2, 0) is 6.61 Å². The van der Waals surface area contributed by atoms with Crippen molar-refractivity contribution >= 4 is 5.69 Å². The summed E-state index contributed by atoms with van der Waals surface area (Å²) in [5, 5.41) is 20.5. The molecule has 2 aromatic carbocycles. The predicted molar refractivity (Wildman–Crippen MR) is 79.2 cm³/mol. The number of hydrogen-bond acceptors (Lipinski definition) is 4. The Bertz CT molecular complexity index is 652. The minimum Gasteiger partial charge on any atom is -0.489 e. The molecule has 2 rings (SSSR count). The first-order valence-electron chi connectivity index (χ1n) is 6.62. The number of ether oxygens (including phenoxy) is 1. The van der Waals surface area contributed by atoms with Crippen molar-refractivity contribution < 1.29 is 14.8 Å². The normalized spacial score (nSPS) is 12.0. The molecule has 0 radical (unpaired) electrons. The van der Waals surface area contributed by atoms with E-state index >= 15 is 0 Å². The molecule has 0 bridgehead atoms. The van der Waals surface area contributed by atoms with Crippen molar-refractivity contribution in [3.63, 3.8) is 0 Å². The van der Waals surface area contributed by atoms with Gasteiger partial charge in [0.15, 0.2) is 0 Å². The molecule has 5 heteroatoms. The van der Waals surface area contributed by atoms with Gasteiger partial charge in [0, 0.05) is 17.7 Å². The summed E-state index contributed by atoms with van der Waals surface area (Å²) < 4.78 is 5.72. The monoisotopic (exact) mass is 287 g/mol. The summed E-state index contributed by atoms with van der Waals surface area (Å²) in [6.45, 7) is 3.82. The van der Waals surface area contributed by atoms with Crippen molar-refractivity contribution in [1.82, 2.24) is 0 Å². The largest absolute Gasteiger partial charge is 0.489 e. The quantitative estimate of drug-likeness (QED) is 0.674. The summed E-state index contributed by atoms with van der Waals surface area (Å²) in [6.07, 6.45) is -0.634. The summed E-state index contributed by atoms with van der Waals surface area (Å²) in [6, 6.07) is 11.9. The van der Waals surface area contributed by atoms with Gasteiger partial charge in [0.2, 0.25) is 0 Å². The fourth-order valence-corrected chi connectivity index (χ4v) is 2.03. The molecule has 5 nitrogen and oxygen atoms in total. The Hall–Kier alpha value is -2.40. The van der Waals surface area contributed by atoms with Crippen LogP contribution in [0.3, 0.4) is 0 Å². The van der Waals surface area contributed by atoms with E-state index in [0.29, 0.717) is 16.9 Å². The topological polar surface area (TPSA) is 72.6 Å². The van der Waals surface area contributed by atoms with Crippen molar-refractivity contribution in [2.45, 2.75) is 26.6 Å². The van der Waals surface area contributed by atoms with E-state index in [4.69, 9.17) is 4.74 Å². The SMILES string of the molecule is Cc1ccc([C@H](C)O)c(OCc2cccc([N+](=O)[O-])c2)c1. The molecule has 0 aromatic heterocycles. The van der Waals surface area contributed by atoms with Crippen LogP contribution in [0.1, 0.15) is 29.7 Å². The molecule has 0 saturated carbocycles. The van der Waals surface area contributed by atoms with Gasteiger partial charge in [-0.1, -0.05) is 24.3 Å². The lowest BCUT2D eigenvalue weighted by Gasteiger charge is -2.14. The van der Waals surface area contributed by atoms with Gasteiger partial charge in [-0.15, -0.1) is 0 Å². The highest BCUT2D eigenvalue weighted by molar-refractivity contribution is 5.39. The second kappa shape index (κ2) is 6.37. The Balaban J connectivity index is 2.18. The highest BCUT2D eigenvalue weighted by Gasteiger charge is 2.11. The zero-order valence-electron chi connectivity index (χ0n) is 11.9. The van der Waals surface area contributed by atoms with Crippen LogP contribution in [0.25, 0.3) is 0 Å². The first kappa shape index (κ1) is 15.0. The number of nitro benzene ring substituents is 1. The third-order valence-electron chi connectivity index (χ3n) is 3.13. The Kier molecular flexibility index (Phi) is 4.55. The van der Waals surface area contributed by atoms with Crippen LogP contribution in [0.4, 0.5) is 5.69 Å². The fourth-order valence-electron chi connectivity index (χ4n) is 2.03. The molecule has 2 aromatic rings. The summed E-state index contributed by atoms with van der Waals surface area (Å²) in [5.41, 5.74) is 2.47. The van der Waals surface area contributed by atoms with Gasteiger partial charge < -0.3 is 9.84 Å². The summed E-state index contributed by atoms with van der Waals surface area (Å²) in [4.78, 5) is 10.3. The molecule has 0 aliphatic rings. The molecule has 0 heterocycles. The molecule has 21 heavy (non-hydrogen) atoms. The van der Waals surface area contributed by atoms with E-state index in [1.54, 1.807) is 19.1 Å². The van der Waals surface area contributed by atoms with Crippen LogP contribution in [0.2, 0.25) is 0 Å². The number of aliphatic hydroxyl groups excluding tert-OH is 1. The molecule has 0 spiro atoms. The molecule has 110 valence electrons. The Morgan fingerprint density at radius 2 is 2.05 bits per heavy atom. The molecule has 0 amide bonds. The zero-order chi connectivity index (χ0) is 15.4. The smallest absolute Gasteiger partial charge is 0.269 e. The summed E-state index contributed by atoms with van der Waals surface area (Å²) in [5.74, 6) is 0.594. The Morgan fingerprint density at radius 1 is 1.29 bits per heavy atom. The number of rotatable bonds is 5. The van der Waals surface area contributed by atoms with Crippen molar-refractivity contribution in [1.29, 1.82) is 0 Å². The molecule has 0 aliphatic carbocycles. The Labute approximate surface area is 123 Å². The van der Waals surface area contributed by atoms with Gasteiger partial charge in [-0.2, -0.15) is 0 Å². The van der Waals surface area contributed by atoms with Crippen LogP contribution < -0.4 is 4.74 Å². The molecular formula is C16H17NO4. The lowest BCUT2D eigenvalue weighted by Crippen LogP contribution is -2.02. The second-order valence-electron chi connectivity index (χ2n) is 4.93. The number of aliphatic hydroxyl groups is 1. The molecule has 0 saturated heterocycles. The predicted octanol–water partition coefficient (Wildman–Crippen LogP) is 3.54. The van der Waals surface area contributed by atoms with Gasteiger partial charge in [0.1, 0.15) is 12.4 Å². The third kappa shape index (κ3) is 3.79. The lowest BCUT2D eigenvalue weighted by molar-refractivity contribution is -0.384. The van der Waals surface area contributed by atoms with E-state index in [9.17, 15) is 15.2 Å². The van der Waals surface area contributed by atoms with Crippen molar-refractivity contribution in [3.8, 4) is 5.75 Å². The van der Waals surface area contributed by atoms with Crippen LogP contribution >= 0.6 is 0 Å². The third-order valence-corrected chi connectivity index (χ3v) is 3.13. The maximum Gasteiger partial charge on any atom is 0.269 e.